The molecule has 1 aromatic rings. The highest BCUT2D eigenvalue weighted by atomic mass is 32.1. The standard InChI is InChI=1S/C10H11NOS/c12-10-2-1-7-11(10)8-3-5-9(13)6-4-8/h3-6,13H,1-2,7H2. The monoisotopic (exact) mass is 193 g/mol. The Hall–Kier alpha value is -0.960. The van der Waals surface area contributed by atoms with Gasteiger partial charge in [-0.1, -0.05) is 0 Å². The fourth-order valence-corrected chi connectivity index (χ4v) is 1.70. The molecule has 1 heterocycles. The van der Waals surface area contributed by atoms with Gasteiger partial charge in [-0.05, 0) is 30.7 Å². The Kier molecular flexibility index (Phi) is 2.27. The maximum atomic E-state index is 11.4. The van der Waals surface area contributed by atoms with Gasteiger partial charge in [0.25, 0.3) is 0 Å². The molecule has 13 heavy (non-hydrogen) atoms. The van der Waals surface area contributed by atoms with Gasteiger partial charge in [0.2, 0.25) is 5.91 Å². The van der Waals surface area contributed by atoms with Crippen LogP contribution in [0.25, 0.3) is 0 Å². The first-order chi connectivity index (χ1) is 6.27. The van der Waals surface area contributed by atoms with E-state index >= 15 is 0 Å². The first kappa shape index (κ1) is 8.63. The van der Waals surface area contributed by atoms with Crippen molar-refractivity contribution in [1.82, 2.24) is 0 Å². The first-order valence-electron chi connectivity index (χ1n) is 4.37. The summed E-state index contributed by atoms with van der Waals surface area (Å²) in [5, 5.41) is 0. The summed E-state index contributed by atoms with van der Waals surface area (Å²) in [6, 6.07) is 7.69. The van der Waals surface area contributed by atoms with Crippen LogP contribution in [-0.4, -0.2) is 12.5 Å². The van der Waals surface area contributed by atoms with Crippen molar-refractivity contribution >= 4 is 24.2 Å². The lowest BCUT2D eigenvalue weighted by molar-refractivity contribution is -0.117. The third-order valence-electron chi connectivity index (χ3n) is 2.23. The zero-order valence-corrected chi connectivity index (χ0v) is 8.13. The topological polar surface area (TPSA) is 20.3 Å². The van der Waals surface area contributed by atoms with Crippen LogP contribution >= 0.6 is 12.6 Å². The maximum absolute atomic E-state index is 11.4. The van der Waals surface area contributed by atoms with Crippen molar-refractivity contribution in [3.63, 3.8) is 0 Å². The first-order valence-corrected chi connectivity index (χ1v) is 4.81. The van der Waals surface area contributed by atoms with Crippen LogP contribution in [0.2, 0.25) is 0 Å². The Bertz CT molecular complexity index is 320. The van der Waals surface area contributed by atoms with E-state index in [1.54, 1.807) is 0 Å². The van der Waals surface area contributed by atoms with Gasteiger partial charge in [-0.2, -0.15) is 0 Å². The molecule has 1 aromatic carbocycles. The van der Waals surface area contributed by atoms with Crippen molar-refractivity contribution in [2.45, 2.75) is 17.7 Å². The molecule has 1 aliphatic heterocycles. The molecule has 1 amide bonds. The highest BCUT2D eigenvalue weighted by Gasteiger charge is 2.20. The van der Waals surface area contributed by atoms with Gasteiger partial charge in [0.15, 0.2) is 0 Å². The summed E-state index contributed by atoms with van der Waals surface area (Å²) in [5.74, 6) is 0.229. The van der Waals surface area contributed by atoms with E-state index in [-0.39, 0.29) is 5.91 Å². The van der Waals surface area contributed by atoms with E-state index in [1.165, 1.54) is 0 Å². The van der Waals surface area contributed by atoms with Crippen molar-refractivity contribution in [3.8, 4) is 0 Å². The van der Waals surface area contributed by atoms with Crippen LogP contribution in [0, 0.1) is 0 Å². The molecule has 0 N–H and O–H groups in total. The molecule has 0 radical (unpaired) electrons. The average Bonchev–Trinajstić information content (AvgIpc) is 2.53. The lowest BCUT2D eigenvalue weighted by Crippen LogP contribution is -2.23. The Morgan fingerprint density at radius 1 is 1.23 bits per heavy atom. The van der Waals surface area contributed by atoms with Crippen LogP contribution in [0.1, 0.15) is 12.8 Å². The lowest BCUT2D eigenvalue weighted by atomic mass is 10.3. The molecule has 0 atom stereocenters. The number of benzene rings is 1. The van der Waals surface area contributed by atoms with Crippen molar-refractivity contribution < 1.29 is 4.79 Å². The van der Waals surface area contributed by atoms with Gasteiger partial charge < -0.3 is 4.90 Å². The molecular formula is C10H11NOS. The van der Waals surface area contributed by atoms with E-state index in [0.29, 0.717) is 6.42 Å². The molecule has 0 unspecified atom stereocenters. The number of carbonyl (C=O) groups excluding carboxylic acids is 1. The Morgan fingerprint density at radius 3 is 2.46 bits per heavy atom. The van der Waals surface area contributed by atoms with Crippen LogP contribution in [0.5, 0.6) is 0 Å². The molecule has 1 fully saturated rings. The van der Waals surface area contributed by atoms with E-state index in [0.717, 1.165) is 23.5 Å². The second-order valence-corrected chi connectivity index (χ2v) is 3.68. The zero-order valence-electron chi connectivity index (χ0n) is 7.23. The number of hydrogen-bond donors (Lipinski definition) is 1. The van der Waals surface area contributed by atoms with Crippen LogP contribution in [-0.2, 0) is 4.79 Å². The maximum Gasteiger partial charge on any atom is 0.227 e. The number of anilines is 1. The third-order valence-corrected chi connectivity index (χ3v) is 2.53. The van der Waals surface area contributed by atoms with Gasteiger partial charge in [0.05, 0.1) is 0 Å². The predicted octanol–water partition coefficient (Wildman–Crippen LogP) is 2.10. The fourth-order valence-electron chi connectivity index (χ4n) is 1.55. The molecule has 1 aliphatic rings. The van der Waals surface area contributed by atoms with E-state index in [1.807, 2.05) is 29.2 Å². The van der Waals surface area contributed by atoms with Crippen molar-refractivity contribution in [3.05, 3.63) is 24.3 Å². The van der Waals surface area contributed by atoms with Crippen LogP contribution in [0.15, 0.2) is 29.2 Å². The Morgan fingerprint density at radius 2 is 1.92 bits per heavy atom. The molecule has 2 rings (SSSR count). The van der Waals surface area contributed by atoms with Gasteiger partial charge in [-0.25, -0.2) is 0 Å². The lowest BCUT2D eigenvalue weighted by Gasteiger charge is -2.15. The number of rotatable bonds is 1. The smallest absolute Gasteiger partial charge is 0.227 e. The number of hydrogen-bond acceptors (Lipinski definition) is 2. The van der Waals surface area contributed by atoms with Crippen molar-refractivity contribution in [2.75, 3.05) is 11.4 Å². The number of amides is 1. The van der Waals surface area contributed by atoms with Gasteiger partial charge in [-0.3, -0.25) is 4.79 Å². The normalized spacial score (nSPS) is 16.7. The number of thiol groups is 1. The molecule has 2 nitrogen and oxygen atoms in total. The largest absolute Gasteiger partial charge is 0.312 e. The summed E-state index contributed by atoms with van der Waals surface area (Å²) in [7, 11) is 0. The second-order valence-electron chi connectivity index (χ2n) is 3.17. The minimum absolute atomic E-state index is 0.229. The molecule has 0 aromatic heterocycles. The fraction of sp³-hybridized carbons (Fsp3) is 0.300. The molecule has 0 aliphatic carbocycles. The molecule has 3 heteroatoms. The van der Waals surface area contributed by atoms with Crippen LogP contribution in [0.4, 0.5) is 5.69 Å². The number of nitrogens with zero attached hydrogens (tertiary/aromatic N) is 1. The molecule has 0 spiro atoms. The Balaban J connectivity index is 2.25. The molecule has 0 saturated carbocycles. The van der Waals surface area contributed by atoms with E-state index < -0.39 is 0 Å². The quantitative estimate of drug-likeness (QED) is 0.677. The number of carbonyl (C=O) groups is 1. The summed E-state index contributed by atoms with van der Waals surface area (Å²) >= 11 is 4.19. The molecule has 68 valence electrons. The summed E-state index contributed by atoms with van der Waals surface area (Å²) < 4.78 is 0. The summed E-state index contributed by atoms with van der Waals surface area (Å²) in [6.07, 6.45) is 1.66. The summed E-state index contributed by atoms with van der Waals surface area (Å²) in [5.41, 5.74) is 0.986. The van der Waals surface area contributed by atoms with Crippen molar-refractivity contribution in [2.24, 2.45) is 0 Å². The molecule has 0 bridgehead atoms. The highest BCUT2D eigenvalue weighted by molar-refractivity contribution is 7.80. The van der Waals surface area contributed by atoms with Gasteiger partial charge >= 0.3 is 0 Å². The Labute approximate surface area is 83.0 Å². The summed E-state index contributed by atoms with van der Waals surface area (Å²) in [6.45, 7) is 0.852. The zero-order chi connectivity index (χ0) is 9.26. The van der Waals surface area contributed by atoms with Gasteiger partial charge in [0, 0.05) is 23.5 Å². The van der Waals surface area contributed by atoms with E-state index in [4.69, 9.17) is 0 Å². The molecule has 1 saturated heterocycles. The molecular weight excluding hydrogens is 182 g/mol. The van der Waals surface area contributed by atoms with Crippen LogP contribution < -0.4 is 4.90 Å². The minimum atomic E-state index is 0.229. The van der Waals surface area contributed by atoms with Gasteiger partial charge in [-0.15, -0.1) is 12.6 Å². The second kappa shape index (κ2) is 3.42. The SMILES string of the molecule is O=C1CCCN1c1ccc(S)cc1. The third kappa shape index (κ3) is 1.70. The van der Waals surface area contributed by atoms with Gasteiger partial charge in [0.1, 0.15) is 0 Å². The average molecular weight is 193 g/mol. The van der Waals surface area contributed by atoms with E-state index in [2.05, 4.69) is 12.6 Å². The van der Waals surface area contributed by atoms with E-state index in [9.17, 15) is 4.79 Å². The minimum Gasteiger partial charge on any atom is -0.312 e. The van der Waals surface area contributed by atoms with Crippen LogP contribution in [0.3, 0.4) is 0 Å². The highest BCUT2D eigenvalue weighted by Crippen LogP contribution is 2.22. The van der Waals surface area contributed by atoms with Crippen molar-refractivity contribution in [1.29, 1.82) is 0 Å². The summed E-state index contributed by atoms with van der Waals surface area (Å²) in [4.78, 5) is 14.1. The predicted molar refractivity (Wildman–Crippen MR) is 55.3 cm³/mol.